The molecule has 0 radical (unpaired) electrons. The van der Waals surface area contributed by atoms with Crippen molar-refractivity contribution in [3.63, 3.8) is 0 Å². The van der Waals surface area contributed by atoms with Gasteiger partial charge in [0.15, 0.2) is 0 Å². The molecule has 0 unspecified atom stereocenters. The molecule has 0 bridgehead atoms. The van der Waals surface area contributed by atoms with Gasteiger partial charge in [-0.05, 0) is 5.92 Å². The molecule has 0 saturated heterocycles. The van der Waals surface area contributed by atoms with E-state index >= 15 is 0 Å². The smallest absolute Gasteiger partial charge is 0.131 e. The highest BCUT2D eigenvalue weighted by Gasteiger charge is 2.03. The first-order chi connectivity index (χ1) is 7.30. The zero-order valence-electron chi connectivity index (χ0n) is 9.75. The molecule has 2 N–H and O–H groups in total. The van der Waals surface area contributed by atoms with Crippen LogP contribution in [0.15, 0.2) is 12.4 Å². The number of anilines is 2. The van der Waals surface area contributed by atoms with E-state index in [1.807, 2.05) is 13.1 Å². The van der Waals surface area contributed by atoms with Gasteiger partial charge in [-0.3, -0.25) is 0 Å². The molecular weight excluding hydrogens is 188 g/mol. The van der Waals surface area contributed by atoms with Crippen molar-refractivity contribution in [2.45, 2.75) is 26.7 Å². The zero-order valence-corrected chi connectivity index (χ0v) is 9.75. The van der Waals surface area contributed by atoms with E-state index in [9.17, 15) is 0 Å². The van der Waals surface area contributed by atoms with Crippen LogP contribution in [0, 0.1) is 5.92 Å². The molecule has 0 aliphatic heterocycles. The number of hydrogen-bond donors (Lipinski definition) is 2. The quantitative estimate of drug-likeness (QED) is 0.753. The van der Waals surface area contributed by atoms with E-state index in [0.29, 0.717) is 0 Å². The lowest BCUT2D eigenvalue weighted by Gasteiger charge is -2.13. The van der Waals surface area contributed by atoms with E-state index in [0.717, 1.165) is 24.1 Å². The number of aromatic nitrogens is 2. The predicted molar refractivity (Wildman–Crippen MR) is 64.1 cm³/mol. The van der Waals surface area contributed by atoms with Crippen LogP contribution in [0.2, 0.25) is 0 Å². The molecule has 1 heterocycles. The second kappa shape index (κ2) is 6.22. The topological polar surface area (TPSA) is 49.8 Å². The van der Waals surface area contributed by atoms with E-state index in [1.54, 1.807) is 6.33 Å². The first kappa shape index (κ1) is 11.8. The zero-order chi connectivity index (χ0) is 11.1. The number of rotatable bonds is 6. The van der Waals surface area contributed by atoms with Gasteiger partial charge in [0.25, 0.3) is 0 Å². The van der Waals surface area contributed by atoms with Gasteiger partial charge in [-0.2, -0.15) is 0 Å². The maximum Gasteiger partial charge on any atom is 0.131 e. The average molecular weight is 208 g/mol. The Morgan fingerprint density at radius 2 is 1.87 bits per heavy atom. The van der Waals surface area contributed by atoms with Crippen LogP contribution in [0.25, 0.3) is 0 Å². The molecule has 15 heavy (non-hydrogen) atoms. The van der Waals surface area contributed by atoms with Crippen LogP contribution < -0.4 is 10.6 Å². The summed E-state index contributed by atoms with van der Waals surface area (Å²) in [6, 6.07) is 1.92. The van der Waals surface area contributed by atoms with E-state index in [2.05, 4.69) is 34.4 Å². The first-order valence-corrected chi connectivity index (χ1v) is 5.53. The average Bonchev–Trinajstić information content (AvgIpc) is 2.31. The van der Waals surface area contributed by atoms with E-state index in [4.69, 9.17) is 0 Å². The molecule has 1 rings (SSSR count). The fraction of sp³-hybridized carbons (Fsp3) is 0.636. The van der Waals surface area contributed by atoms with Crippen LogP contribution in [0.5, 0.6) is 0 Å². The monoisotopic (exact) mass is 208 g/mol. The maximum atomic E-state index is 4.17. The lowest BCUT2D eigenvalue weighted by atomic mass is 10.0. The first-order valence-electron chi connectivity index (χ1n) is 5.53. The van der Waals surface area contributed by atoms with E-state index in [-0.39, 0.29) is 0 Å². The van der Waals surface area contributed by atoms with Gasteiger partial charge in [0.2, 0.25) is 0 Å². The van der Waals surface area contributed by atoms with Gasteiger partial charge in [-0.1, -0.05) is 26.7 Å². The Bertz CT molecular complexity index is 284. The van der Waals surface area contributed by atoms with Crippen molar-refractivity contribution in [1.82, 2.24) is 9.97 Å². The number of nitrogens with one attached hydrogen (secondary N) is 2. The highest BCUT2D eigenvalue weighted by Crippen LogP contribution is 2.11. The van der Waals surface area contributed by atoms with Crippen LogP contribution in [0.3, 0.4) is 0 Å². The second-order valence-corrected chi connectivity index (χ2v) is 3.60. The second-order valence-electron chi connectivity index (χ2n) is 3.60. The Labute approximate surface area is 91.5 Å². The van der Waals surface area contributed by atoms with Gasteiger partial charge in [0.1, 0.15) is 18.0 Å². The fourth-order valence-corrected chi connectivity index (χ4v) is 1.42. The van der Waals surface area contributed by atoms with Crippen LogP contribution in [0.1, 0.15) is 26.7 Å². The van der Waals surface area contributed by atoms with Crippen molar-refractivity contribution in [3.8, 4) is 0 Å². The molecule has 1 aromatic heterocycles. The molecule has 1 aromatic rings. The molecule has 0 atom stereocenters. The molecule has 0 fully saturated rings. The molecule has 4 nitrogen and oxygen atoms in total. The Morgan fingerprint density at radius 3 is 2.47 bits per heavy atom. The SMILES string of the molecule is CCC(CC)CNc1cc(NC)ncn1. The Hall–Kier alpha value is -1.32. The van der Waals surface area contributed by atoms with Crippen molar-refractivity contribution in [2.24, 2.45) is 5.92 Å². The summed E-state index contributed by atoms with van der Waals surface area (Å²) in [5.74, 6) is 2.45. The minimum atomic E-state index is 0.720. The van der Waals surface area contributed by atoms with Gasteiger partial charge in [-0.25, -0.2) is 9.97 Å². The Kier molecular flexibility index (Phi) is 4.87. The van der Waals surface area contributed by atoms with Crippen LogP contribution in [-0.4, -0.2) is 23.6 Å². The number of hydrogen-bond acceptors (Lipinski definition) is 4. The third-order valence-corrected chi connectivity index (χ3v) is 2.65. The lowest BCUT2D eigenvalue weighted by molar-refractivity contribution is 0.518. The third-order valence-electron chi connectivity index (χ3n) is 2.65. The molecule has 0 spiro atoms. The van der Waals surface area contributed by atoms with Gasteiger partial charge >= 0.3 is 0 Å². The van der Waals surface area contributed by atoms with Crippen LogP contribution in [-0.2, 0) is 0 Å². The molecule has 4 heteroatoms. The maximum absolute atomic E-state index is 4.17. The standard InChI is InChI=1S/C11H20N4/c1-4-9(5-2)7-13-11-6-10(12-3)14-8-15-11/h6,8-9H,4-5,7H2,1-3H3,(H2,12,13,14,15). The summed E-state index contributed by atoms with van der Waals surface area (Å²) >= 11 is 0. The summed E-state index contributed by atoms with van der Waals surface area (Å²) in [6.07, 6.45) is 3.97. The molecule has 0 saturated carbocycles. The summed E-state index contributed by atoms with van der Waals surface area (Å²) in [6.45, 7) is 5.41. The van der Waals surface area contributed by atoms with Gasteiger partial charge in [-0.15, -0.1) is 0 Å². The summed E-state index contributed by atoms with van der Waals surface area (Å²) in [4.78, 5) is 8.23. The highest BCUT2D eigenvalue weighted by atomic mass is 15.1. The van der Waals surface area contributed by atoms with Gasteiger partial charge in [0, 0.05) is 19.7 Å². The summed E-state index contributed by atoms with van der Waals surface area (Å²) in [7, 11) is 1.85. The molecule has 0 aliphatic carbocycles. The fourth-order valence-electron chi connectivity index (χ4n) is 1.42. The van der Waals surface area contributed by atoms with E-state index in [1.165, 1.54) is 12.8 Å². The third kappa shape index (κ3) is 3.73. The van der Waals surface area contributed by atoms with E-state index < -0.39 is 0 Å². The Balaban J connectivity index is 2.49. The normalized spacial score (nSPS) is 10.4. The largest absolute Gasteiger partial charge is 0.373 e. The van der Waals surface area contributed by atoms with Crippen molar-refractivity contribution < 1.29 is 0 Å². The van der Waals surface area contributed by atoms with Gasteiger partial charge < -0.3 is 10.6 Å². The summed E-state index contributed by atoms with van der Waals surface area (Å²) in [5.41, 5.74) is 0. The predicted octanol–water partition coefficient (Wildman–Crippen LogP) is 2.37. The lowest BCUT2D eigenvalue weighted by Crippen LogP contribution is -2.13. The van der Waals surface area contributed by atoms with Gasteiger partial charge in [0.05, 0.1) is 0 Å². The molecular formula is C11H20N4. The number of nitrogens with zero attached hydrogens (tertiary/aromatic N) is 2. The van der Waals surface area contributed by atoms with Crippen molar-refractivity contribution >= 4 is 11.6 Å². The molecule has 0 amide bonds. The van der Waals surface area contributed by atoms with Crippen molar-refractivity contribution in [2.75, 3.05) is 24.2 Å². The summed E-state index contributed by atoms with van der Waals surface area (Å²) in [5, 5.41) is 6.32. The van der Waals surface area contributed by atoms with Crippen LogP contribution in [0.4, 0.5) is 11.6 Å². The minimum absolute atomic E-state index is 0.720. The van der Waals surface area contributed by atoms with Crippen molar-refractivity contribution in [3.05, 3.63) is 12.4 Å². The molecule has 0 aliphatic rings. The Morgan fingerprint density at radius 1 is 1.20 bits per heavy atom. The molecule has 0 aromatic carbocycles. The van der Waals surface area contributed by atoms with Crippen molar-refractivity contribution in [1.29, 1.82) is 0 Å². The highest BCUT2D eigenvalue weighted by molar-refractivity contribution is 5.45. The minimum Gasteiger partial charge on any atom is -0.373 e. The molecule has 84 valence electrons. The van der Waals surface area contributed by atoms with Crippen LogP contribution >= 0.6 is 0 Å². The summed E-state index contributed by atoms with van der Waals surface area (Å²) < 4.78 is 0.